The normalized spacial score (nSPS) is 23.2. The molecule has 1 fully saturated rings. The molecule has 2 aromatic rings. The number of rotatable bonds is 5. The highest BCUT2D eigenvalue weighted by Gasteiger charge is 2.30. The molecule has 3 rings (SSSR count). The van der Waals surface area contributed by atoms with E-state index in [1.165, 1.54) is 17.3 Å². The van der Waals surface area contributed by atoms with E-state index in [-0.39, 0.29) is 24.1 Å². The minimum absolute atomic E-state index is 0.102. The fourth-order valence-electron chi connectivity index (χ4n) is 3.73. The number of nitrogens with one attached hydrogen (secondary N) is 1. The highest BCUT2D eigenvalue weighted by atomic mass is 16.5. The lowest BCUT2D eigenvalue weighted by Gasteiger charge is -2.35. The molecular weight excluding hydrogens is 358 g/mol. The van der Waals surface area contributed by atoms with Crippen LogP contribution in [0.2, 0.25) is 0 Å². The molecule has 1 aromatic carbocycles. The standard InChI is InChI=1S/C21H27N3O4/c1-13-7-6-10-17(14(13)2)23-20(26)15(3)28-19(25)11-24-12-22-18-9-5-4-8-16(18)21(24)27/h4-5,8-9,12-15,17H,6-7,10-11H2,1-3H3,(H,23,26)/t13-,14+,15+,17+/m0/s1. The van der Waals surface area contributed by atoms with Crippen LogP contribution in [0.1, 0.15) is 40.0 Å². The highest BCUT2D eigenvalue weighted by molar-refractivity contribution is 5.83. The Morgan fingerprint density at radius 2 is 2.04 bits per heavy atom. The molecule has 150 valence electrons. The smallest absolute Gasteiger partial charge is 0.326 e. The van der Waals surface area contributed by atoms with Crippen molar-refractivity contribution < 1.29 is 14.3 Å². The molecule has 0 saturated heterocycles. The number of amides is 1. The molecule has 1 saturated carbocycles. The summed E-state index contributed by atoms with van der Waals surface area (Å²) in [5.74, 6) is 0.00205. The van der Waals surface area contributed by atoms with E-state index >= 15 is 0 Å². The lowest BCUT2D eigenvalue weighted by atomic mass is 9.78. The fourth-order valence-corrected chi connectivity index (χ4v) is 3.73. The monoisotopic (exact) mass is 385 g/mol. The van der Waals surface area contributed by atoms with Gasteiger partial charge < -0.3 is 10.1 Å². The number of para-hydroxylation sites is 1. The topological polar surface area (TPSA) is 90.3 Å². The maximum absolute atomic E-state index is 12.4. The van der Waals surface area contributed by atoms with E-state index in [1.54, 1.807) is 31.2 Å². The Labute approximate surface area is 164 Å². The van der Waals surface area contributed by atoms with Gasteiger partial charge in [-0.15, -0.1) is 0 Å². The third-order valence-corrected chi connectivity index (χ3v) is 5.74. The number of fused-ring (bicyclic) bond motifs is 1. The van der Waals surface area contributed by atoms with Gasteiger partial charge in [-0.3, -0.25) is 19.0 Å². The van der Waals surface area contributed by atoms with Gasteiger partial charge in [0.1, 0.15) is 6.54 Å². The SMILES string of the molecule is C[C@@H]1[C@@H](C)CCC[C@H]1NC(=O)[C@@H](C)OC(=O)Cn1cnc2ccccc2c1=O. The highest BCUT2D eigenvalue weighted by Crippen LogP contribution is 2.29. The van der Waals surface area contributed by atoms with Gasteiger partial charge in [0, 0.05) is 6.04 Å². The molecule has 0 spiro atoms. The van der Waals surface area contributed by atoms with Gasteiger partial charge in [-0.25, -0.2) is 4.98 Å². The minimum Gasteiger partial charge on any atom is -0.451 e. The summed E-state index contributed by atoms with van der Waals surface area (Å²) in [5, 5.41) is 3.44. The number of nitrogens with zero attached hydrogens (tertiary/aromatic N) is 2. The van der Waals surface area contributed by atoms with E-state index < -0.39 is 12.1 Å². The fraction of sp³-hybridized carbons (Fsp3) is 0.524. The number of hydrogen-bond donors (Lipinski definition) is 1. The number of aromatic nitrogens is 2. The summed E-state index contributed by atoms with van der Waals surface area (Å²) in [6.07, 6.45) is 3.61. The van der Waals surface area contributed by atoms with Crippen molar-refractivity contribution in [1.29, 1.82) is 0 Å². The van der Waals surface area contributed by atoms with E-state index in [0.717, 1.165) is 12.8 Å². The molecule has 0 aliphatic heterocycles. The van der Waals surface area contributed by atoms with Crippen molar-refractivity contribution in [2.75, 3.05) is 0 Å². The van der Waals surface area contributed by atoms with Crippen molar-refractivity contribution in [3.8, 4) is 0 Å². The van der Waals surface area contributed by atoms with Crippen LogP contribution in [0.5, 0.6) is 0 Å². The summed E-state index contributed by atoms with van der Waals surface area (Å²) in [6.45, 7) is 5.60. The first-order valence-corrected chi connectivity index (χ1v) is 9.81. The van der Waals surface area contributed by atoms with Crippen LogP contribution in [0.3, 0.4) is 0 Å². The van der Waals surface area contributed by atoms with Crippen molar-refractivity contribution in [2.24, 2.45) is 11.8 Å². The molecule has 1 heterocycles. The Bertz CT molecular complexity index is 923. The van der Waals surface area contributed by atoms with Crippen molar-refractivity contribution in [1.82, 2.24) is 14.9 Å². The van der Waals surface area contributed by atoms with Crippen molar-refractivity contribution >= 4 is 22.8 Å². The summed E-state index contributed by atoms with van der Waals surface area (Å²) < 4.78 is 6.44. The predicted molar refractivity (Wildman–Crippen MR) is 106 cm³/mol. The molecule has 7 nitrogen and oxygen atoms in total. The summed E-state index contributed by atoms with van der Waals surface area (Å²) in [4.78, 5) is 41.3. The number of hydrogen-bond acceptors (Lipinski definition) is 5. The zero-order valence-electron chi connectivity index (χ0n) is 16.6. The summed E-state index contributed by atoms with van der Waals surface area (Å²) >= 11 is 0. The molecule has 4 atom stereocenters. The summed E-state index contributed by atoms with van der Waals surface area (Å²) in [6, 6.07) is 7.04. The molecule has 0 radical (unpaired) electrons. The van der Waals surface area contributed by atoms with E-state index in [0.29, 0.717) is 22.7 Å². The van der Waals surface area contributed by atoms with E-state index in [1.807, 2.05) is 0 Å². The Kier molecular flexibility index (Phi) is 6.11. The quantitative estimate of drug-likeness (QED) is 0.798. The minimum atomic E-state index is -0.916. The molecule has 28 heavy (non-hydrogen) atoms. The Balaban J connectivity index is 1.59. The van der Waals surface area contributed by atoms with Crippen LogP contribution in [0, 0.1) is 11.8 Å². The van der Waals surface area contributed by atoms with Crippen LogP contribution in [-0.4, -0.2) is 33.6 Å². The van der Waals surface area contributed by atoms with Gasteiger partial charge in [0.25, 0.3) is 11.5 Å². The number of benzene rings is 1. The average molecular weight is 385 g/mol. The van der Waals surface area contributed by atoms with Gasteiger partial charge in [0.05, 0.1) is 17.2 Å². The first kappa shape index (κ1) is 20.0. The lowest BCUT2D eigenvalue weighted by molar-refractivity contribution is -0.155. The van der Waals surface area contributed by atoms with E-state index in [9.17, 15) is 14.4 Å². The molecule has 0 unspecified atom stereocenters. The van der Waals surface area contributed by atoms with Gasteiger partial charge >= 0.3 is 5.97 Å². The maximum Gasteiger partial charge on any atom is 0.326 e. The van der Waals surface area contributed by atoms with Crippen LogP contribution in [0.25, 0.3) is 10.9 Å². The maximum atomic E-state index is 12.4. The molecule has 1 aliphatic rings. The second kappa shape index (κ2) is 8.54. The second-order valence-corrected chi connectivity index (χ2v) is 7.71. The van der Waals surface area contributed by atoms with Gasteiger partial charge in [0.15, 0.2) is 6.10 Å². The second-order valence-electron chi connectivity index (χ2n) is 7.71. The lowest BCUT2D eigenvalue weighted by Crippen LogP contribution is -2.47. The number of ether oxygens (including phenoxy) is 1. The van der Waals surface area contributed by atoms with Crippen LogP contribution in [-0.2, 0) is 20.9 Å². The Morgan fingerprint density at radius 3 is 2.82 bits per heavy atom. The molecule has 0 bridgehead atoms. The Hall–Kier alpha value is -2.70. The molecule has 1 aromatic heterocycles. The molecular formula is C21H27N3O4. The third kappa shape index (κ3) is 4.40. The predicted octanol–water partition coefficient (Wildman–Crippen LogP) is 2.27. The third-order valence-electron chi connectivity index (χ3n) is 5.74. The van der Waals surface area contributed by atoms with Gasteiger partial charge in [-0.2, -0.15) is 0 Å². The molecule has 1 amide bonds. The van der Waals surface area contributed by atoms with E-state index in [4.69, 9.17) is 4.74 Å². The molecule has 1 N–H and O–H groups in total. The van der Waals surface area contributed by atoms with Crippen LogP contribution < -0.4 is 10.9 Å². The van der Waals surface area contributed by atoms with Gasteiger partial charge in [-0.05, 0) is 37.3 Å². The van der Waals surface area contributed by atoms with Gasteiger partial charge in [0.2, 0.25) is 0 Å². The van der Waals surface area contributed by atoms with Crippen molar-refractivity contribution in [3.05, 3.63) is 40.9 Å². The first-order valence-electron chi connectivity index (χ1n) is 9.81. The largest absolute Gasteiger partial charge is 0.451 e. The first-order chi connectivity index (χ1) is 13.4. The number of carbonyl (C=O) groups excluding carboxylic acids is 2. The average Bonchev–Trinajstić information content (AvgIpc) is 2.67. The van der Waals surface area contributed by atoms with Crippen molar-refractivity contribution in [2.45, 2.75) is 58.7 Å². The molecule has 7 heteroatoms. The number of carbonyl (C=O) groups is 2. The van der Waals surface area contributed by atoms with Crippen molar-refractivity contribution in [3.63, 3.8) is 0 Å². The zero-order valence-corrected chi connectivity index (χ0v) is 16.6. The van der Waals surface area contributed by atoms with Gasteiger partial charge in [-0.1, -0.05) is 38.8 Å². The molecule has 1 aliphatic carbocycles. The van der Waals surface area contributed by atoms with Crippen LogP contribution in [0.4, 0.5) is 0 Å². The van der Waals surface area contributed by atoms with E-state index in [2.05, 4.69) is 24.1 Å². The Morgan fingerprint density at radius 1 is 1.29 bits per heavy atom. The number of esters is 1. The summed E-state index contributed by atoms with van der Waals surface area (Å²) in [5.41, 5.74) is 0.255. The van der Waals surface area contributed by atoms with Crippen LogP contribution >= 0.6 is 0 Å². The summed E-state index contributed by atoms with van der Waals surface area (Å²) in [7, 11) is 0. The van der Waals surface area contributed by atoms with Crippen LogP contribution in [0.15, 0.2) is 35.4 Å². The zero-order chi connectivity index (χ0) is 20.3.